The summed E-state index contributed by atoms with van der Waals surface area (Å²) >= 11 is 0. The molecule has 2 aromatic heterocycles. The maximum atomic E-state index is 4.54. The van der Waals surface area contributed by atoms with E-state index in [1.54, 1.807) is 6.33 Å². The maximum Gasteiger partial charge on any atom is 0.142 e. The molecule has 0 aromatic carbocycles. The van der Waals surface area contributed by atoms with Gasteiger partial charge < -0.3 is 15.2 Å². The fourth-order valence-electron chi connectivity index (χ4n) is 3.99. The lowest BCUT2D eigenvalue weighted by Gasteiger charge is -2.51. The van der Waals surface area contributed by atoms with Gasteiger partial charge in [0.2, 0.25) is 0 Å². The fraction of sp³-hybridized carbons (Fsp3) is 0.625. The second kappa shape index (κ2) is 4.98. The van der Waals surface area contributed by atoms with Crippen LogP contribution in [0.15, 0.2) is 18.6 Å². The van der Waals surface area contributed by atoms with E-state index in [-0.39, 0.29) is 0 Å². The van der Waals surface area contributed by atoms with E-state index in [9.17, 15) is 0 Å². The van der Waals surface area contributed by atoms with Crippen molar-refractivity contribution in [2.75, 3.05) is 24.5 Å². The molecule has 0 amide bonds. The fourth-order valence-corrected chi connectivity index (χ4v) is 3.99. The van der Waals surface area contributed by atoms with E-state index in [0.717, 1.165) is 35.9 Å². The molecule has 5 heteroatoms. The topological polar surface area (TPSA) is 56.8 Å². The first kappa shape index (κ1) is 13.1. The largest absolute Gasteiger partial charge is 0.356 e. The molecule has 0 bridgehead atoms. The highest BCUT2D eigenvalue weighted by atomic mass is 15.2. The van der Waals surface area contributed by atoms with Crippen molar-refractivity contribution in [2.24, 2.45) is 5.92 Å². The third-order valence-electron chi connectivity index (χ3n) is 5.44. The number of rotatable bonds is 1. The molecule has 0 saturated carbocycles. The highest BCUT2D eigenvalue weighted by Crippen LogP contribution is 2.37. The molecule has 2 fully saturated rings. The molecule has 0 aliphatic carbocycles. The molecule has 2 aliphatic heterocycles. The van der Waals surface area contributed by atoms with Gasteiger partial charge in [-0.3, -0.25) is 0 Å². The first-order valence-corrected chi connectivity index (χ1v) is 8.07. The number of aromatic amines is 1. The first-order valence-electron chi connectivity index (χ1n) is 8.07. The van der Waals surface area contributed by atoms with E-state index >= 15 is 0 Å². The average molecular weight is 285 g/mol. The Kier molecular flexibility index (Phi) is 3.10. The molecule has 5 nitrogen and oxygen atoms in total. The van der Waals surface area contributed by atoms with Crippen LogP contribution in [0.1, 0.15) is 32.6 Å². The van der Waals surface area contributed by atoms with Gasteiger partial charge in [-0.15, -0.1) is 0 Å². The van der Waals surface area contributed by atoms with E-state index in [1.807, 2.05) is 6.20 Å². The van der Waals surface area contributed by atoms with Gasteiger partial charge in [0.25, 0.3) is 0 Å². The Bertz CT molecular complexity index is 624. The van der Waals surface area contributed by atoms with Crippen LogP contribution in [0.5, 0.6) is 0 Å². The Balaban J connectivity index is 1.54. The van der Waals surface area contributed by atoms with Gasteiger partial charge in [-0.2, -0.15) is 0 Å². The average Bonchev–Trinajstić information content (AvgIpc) is 2.94. The minimum Gasteiger partial charge on any atom is -0.356 e. The zero-order chi connectivity index (χ0) is 14.3. The lowest BCUT2D eigenvalue weighted by molar-refractivity contribution is 0.0854. The number of H-pyrrole nitrogens is 1. The van der Waals surface area contributed by atoms with Gasteiger partial charge in [0, 0.05) is 24.8 Å². The number of fused-ring (bicyclic) bond motifs is 1. The molecule has 4 heterocycles. The Hall–Kier alpha value is -1.62. The van der Waals surface area contributed by atoms with Gasteiger partial charge in [0.05, 0.1) is 5.39 Å². The van der Waals surface area contributed by atoms with Crippen LogP contribution in [-0.2, 0) is 0 Å². The normalized spacial score (nSPS) is 25.6. The standard InChI is InChI=1S/C16H23N5/c1-12-10-20-16(12)5-2-8-21(9-3-6-16)15-13-4-7-17-14(13)18-11-19-15/h4,7,11-12,20H,2-3,5-6,8-10H2,1H3,(H,17,18,19). The van der Waals surface area contributed by atoms with Crippen LogP contribution in [0.2, 0.25) is 0 Å². The van der Waals surface area contributed by atoms with Crippen molar-refractivity contribution >= 4 is 16.9 Å². The van der Waals surface area contributed by atoms with Crippen LogP contribution >= 0.6 is 0 Å². The lowest BCUT2D eigenvalue weighted by atomic mass is 9.71. The monoisotopic (exact) mass is 285 g/mol. The van der Waals surface area contributed by atoms with Gasteiger partial charge >= 0.3 is 0 Å². The molecule has 2 aliphatic rings. The zero-order valence-electron chi connectivity index (χ0n) is 12.6. The first-order chi connectivity index (χ1) is 10.3. The van der Waals surface area contributed by atoms with Crippen LogP contribution in [0, 0.1) is 5.92 Å². The van der Waals surface area contributed by atoms with Crippen LogP contribution in [0.3, 0.4) is 0 Å². The molecule has 0 radical (unpaired) electrons. The Morgan fingerprint density at radius 1 is 1.24 bits per heavy atom. The van der Waals surface area contributed by atoms with E-state index < -0.39 is 0 Å². The molecule has 1 spiro atoms. The summed E-state index contributed by atoms with van der Waals surface area (Å²) in [7, 11) is 0. The van der Waals surface area contributed by atoms with Crippen molar-refractivity contribution in [1.29, 1.82) is 0 Å². The lowest BCUT2D eigenvalue weighted by Crippen LogP contribution is -2.64. The van der Waals surface area contributed by atoms with Crippen molar-refractivity contribution in [1.82, 2.24) is 20.3 Å². The van der Waals surface area contributed by atoms with Gasteiger partial charge in [0.15, 0.2) is 0 Å². The summed E-state index contributed by atoms with van der Waals surface area (Å²) in [5.74, 6) is 1.92. The molecule has 2 saturated heterocycles. The summed E-state index contributed by atoms with van der Waals surface area (Å²) in [6.07, 6.45) is 8.64. The minimum absolute atomic E-state index is 0.432. The number of aromatic nitrogens is 3. The highest BCUT2D eigenvalue weighted by molar-refractivity contribution is 5.87. The van der Waals surface area contributed by atoms with Crippen LogP contribution in [0.4, 0.5) is 5.82 Å². The van der Waals surface area contributed by atoms with E-state index in [1.165, 1.54) is 32.2 Å². The predicted molar refractivity (Wildman–Crippen MR) is 84.5 cm³/mol. The van der Waals surface area contributed by atoms with E-state index in [2.05, 4.69) is 38.2 Å². The highest BCUT2D eigenvalue weighted by Gasteiger charge is 2.43. The Morgan fingerprint density at radius 3 is 2.71 bits per heavy atom. The Morgan fingerprint density at radius 2 is 2.05 bits per heavy atom. The predicted octanol–water partition coefficient (Wildman–Crippen LogP) is 2.32. The van der Waals surface area contributed by atoms with Gasteiger partial charge in [-0.25, -0.2) is 9.97 Å². The van der Waals surface area contributed by atoms with Gasteiger partial charge in [-0.1, -0.05) is 6.92 Å². The molecule has 112 valence electrons. The molecule has 4 rings (SSSR count). The second-order valence-corrected chi connectivity index (χ2v) is 6.57. The second-order valence-electron chi connectivity index (χ2n) is 6.57. The SMILES string of the molecule is CC1CNC12CCCN(c1ncnc3[nH]ccc13)CCC2. The third-order valence-corrected chi connectivity index (χ3v) is 5.44. The molecule has 2 N–H and O–H groups in total. The van der Waals surface area contributed by atoms with Crippen LogP contribution in [-0.4, -0.2) is 40.1 Å². The van der Waals surface area contributed by atoms with Crippen LogP contribution < -0.4 is 10.2 Å². The van der Waals surface area contributed by atoms with Crippen molar-refractivity contribution in [3.63, 3.8) is 0 Å². The number of nitrogens with zero attached hydrogens (tertiary/aromatic N) is 3. The van der Waals surface area contributed by atoms with Gasteiger partial charge in [0.1, 0.15) is 17.8 Å². The summed E-state index contributed by atoms with van der Waals surface area (Å²) < 4.78 is 0. The quantitative estimate of drug-likeness (QED) is 0.844. The van der Waals surface area contributed by atoms with Crippen molar-refractivity contribution in [3.05, 3.63) is 18.6 Å². The van der Waals surface area contributed by atoms with Crippen molar-refractivity contribution in [2.45, 2.75) is 38.1 Å². The Labute approximate surface area is 125 Å². The number of anilines is 1. The van der Waals surface area contributed by atoms with Crippen LogP contribution in [0.25, 0.3) is 11.0 Å². The molecule has 21 heavy (non-hydrogen) atoms. The van der Waals surface area contributed by atoms with E-state index in [4.69, 9.17) is 0 Å². The summed E-state index contributed by atoms with van der Waals surface area (Å²) in [6.45, 7) is 5.77. The summed E-state index contributed by atoms with van der Waals surface area (Å²) in [6, 6.07) is 2.08. The summed E-state index contributed by atoms with van der Waals surface area (Å²) in [5, 5.41) is 4.85. The maximum absolute atomic E-state index is 4.54. The molecule has 1 unspecified atom stereocenters. The number of hydrogen-bond acceptors (Lipinski definition) is 4. The summed E-state index contributed by atoms with van der Waals surface area (Å²) in [4.78, 5) is 14.4. The zero-order valence-corrected chi connectivity index (χ0v) is 12.6. The molecular weight excluding hydrogens is 262 g/mol. The number of hydrogen-bond donors (Lipinski definition) is 2. The smallest absolute Gasteiger partial charge is 0.142 e. The van der Waals surface area contributed by atoms with Crippen molar-refractivity contribution < 1.29 is 0 Å². The summed E-state index contributed by atoms with van der Waals surface area (Å²) in [5.41, 5.74) is 1.37. The van der Waals surface area contributed by atoms with Crippen molar-refractivity contribution in [3.8, 4) is 0 Å². The number of nitrogens with one attached hydrogen (secondary N) is 2. The molecular formula is C16H23N5. The third kappa shape index (κ3) is 2.11. The minimum atomic E-state index is 0.432. The molecule has 2 aromatic rings. The molecule has 1 atom stereocenters. The van der Waals surface area contributed by atoms with E-state index in [0.29, 0.717) is 5.54 Å². The van der Waals surface area contributed by atoms with Gasteiger partial charge in [-0.05, 0) is 44.2 Å².